The molecular formula is C23H18ClN3O3. The average molecular weight is 420 g/mol. The van der Waals surface area contributed by atoms with Gasteiger partial charge in [0.2, 0.25) is 0 Å². The van der Waals surface area contributed by atoms with Gasteiger partial charge in [0.25, 0.3) is 5.56 Å². The standard InChI is InChI=1S/C23H18ClN3O3/c1-29-17-10-9-16-19(21(17)30-2)23(28)27(12-14-6-4-3-5-7-14)22-20(16)25-18-11-8-15(24)13-26(18)22/h3-11,13H,12H2,1-2H3. The number of hydrogen-bond donors (Lipinski definition) is 0. The third kappa shape index (κ3) is 2.72. The van der Waals surface area contributed by atoms with Crippen LogP contribution in [0.1, 0.15) is 5.56 Å². The van der Waals surface area contributed by atoms with Gasteiger partial charge in [0.05, 0.1) is 31.2 Å². The number of hydrogen-bond acceptors (Lipinski definition) is 4. The fraction of sp³-hybridized carbons (Fsp3) is 0.130. The summed E-state index contributed by atoms with van der Waals surface area (Å²) < 4.78 is 14.6. The number of aromatic nitrogens is 3. The summed E-state index contributed by atoms with van der Waals surface area (Å²) in [5.41, 5.74) is 2.90. The zero-order chi connectivity index (χ0) is 20.8. The van der Waals surface area contributed by atoms with E-state index in [9.17, 15) is 4.79 Å². The summed E-state index contributed by atoms with van der Waals surface area (Å²) in [4.78, 5) is 18.6. The Bertz CT molecular complexity index is 1470. The summed E-state index contributed by atoms with van der Waals surface area (Å²) in [5.74, 6) is 0.901. The van der Waals surface area contributed by atoms with Gasteiger partial charge in [0, 0.05) is 11.6 Å². The van der Waals surface area contributed by atoms with Crippen LogP contribution in [0.5, 0.6) is 11.5 Å². The summed E-state index contributed by atoms with van der Waals surface area (Å²) >= 11 is 6.26. The van der Waals surface area contributed by atoms with Crippen LogP contribution in [0.15, 0.2) is 65.6 Å². The summed E-state index contributed by atoms with van der Waals surface area (Å²) in [6, 6.07) is 17.1. The Hall–Kier alpha value is -3.51. The van der Waals surface area contributed by atoms with Gasteiger partial charge in [-0.3, -0.25) is 13.8 Å². The first kappa shape index (κ1) is 18.5. The molecular weight excluding hydrogens is 402 g/mol. The van der Waals surface area contributed by atoms with E-state index in [0.717, 1.165) is 5.56 Å². The molecule has 0 bridgehead atoms. The molecule has 0 radical (unpaired) electrons. The van der Waals surface area contributed by atoms with Crippen LogP contribution in [0.4, 0.5) is 0 Å². The van der Waals surface area contributed by atoms with E-state index in [0.29, 0.717) is 50.6 Å². The van der Waals surface area contributed by atoms with E-state index in [1.165, 1.54) is 7.11 Å². The first-order valence-corrected chi connectivity index (χ1v) is 9.79. The number of pyridine rings is 2. The van der Waals surface area contributed by atoms with E-state index >= 15 is 0 Å². The van der Waals surface area contributed by atoms with Crippen molar-refractivity contribution in [3.8, 4) is 11.5 Å². The van der Waals surface area contributed by atoms with E-state index < -0.39 is 0 Å². The molecule has 0 aliphatic heterocycles. The van der Waals surface area contributed by atoms with Crippen LogP contribution >= 0.6 is 11.6 Å². The Labute approximate surface area is 176 Å². The number of ether oxygens (including phenoxy) is 2. The van der Waals surface area contributed by atoms with Crippen molar-refractivity contribution in [3.63, 3.8) is 0 Å². The molecule has 0 unspecified atom stereocenters. The summed E-state index contributed by atoms with van der Waals surface area (Å²) in [5, 5.41) is 1.71. The lowest BCUT2D eigenvalue weighted by atomic mass is 10.1. The highest BCUT2D eigenvalue weighted by Crippen LogP contribution is 2.36. The lowest BCUT2D eigenvalue weighted by molar-refractivity contribution is 0.358. The molecule has 150 valence electrons. The molecule has 5 aromatic rings. The fourth-order valence-electron chi connectivity index (χ4n) is 3.93. The molecule has 5 rings (SSSR count). The van der Waals surface area contributed by atoms with Crippen LogP contribution in [0.3, 0.4) is 0 Å². The van der Waals surface area contributed by atoms with E-state index in [2.05, 4.69) is 0 Å². The molecule has 3 heterocycles. The molecule has 3 aromatic heterocycles. The minimum Gasteiger partial charge on any atom is -0.493 e. The van der Waals surface area contributed by atoms with Crippen molar-refractivity contribution >= 4 is 39.2 Å². The largest absolute Gasteiger partial charge is 0.493 e. The van der Waals surface area contributed by atoms with Crippen molar-refractivity contribution in [1.82, 2.24) is 14.0 Å². The van der Waals surface area contributed by atoms with Crippen LogP contribution in [-0.2, 0) is 6.54 Å². The highest BCUT2D eigenvalue weighted by atomic mass is 35.5. The third-order valence-electron chi connectivity index (χ3n) is 5.26. The molecule has 0 N–H and O–H groups in total. The number of benzene rings is 2. The maximum atomic E-state index is 13.8. The number of methoxy groups -OCH3 is 2. The maximum Gasteiger partial charge on any atom is 0.264 e. The second-order valence-corrected chi connectivity index (χ2v) is 7.40. The minimum absolute atomic E-state index is 0.182. The van der Waals surface area contributed by atoms with Crippen LogP contribution in [-0.4, -0.2) is 28.2 Å². The zero-order valence-electron chi connectivity index (χ0n) is 16.4. The molecule has 0 atom stereocenters. The van der Waals surface area contributed by atoms with E-state index in [1.807, 2.05) is 46.9 Å². The van der Waals surface area contributed by atoms with Gasteiger partial charge in [0.15, 0.2) is 11.5 Å². The monoisotopic (exact) mass is 419 g/mol. The molecule has 0 aliphatic rings. The Morgan fingerprint density at radius 3 is 2.53 bits per heavy atom. The molecule has 0 fully saturated rings. The molecule has 0 amide bonds. The lowest BCUT2D eigenvalue weighted by Gasteiger charge is -2.14. The van der Waals surface area contributed by atoms with Gasteiger partial charge in [-0.25, -0.2) is 4.98 Å². The minimum atomic E-state index is -0.182. The lowest BCUT2D eigenvalue weighted by Crippen LogP contribution is -2.23. The topological polar surface area (TPSA) is 57.8 Å². The van der Waals surface area contributed by atoms with Crippen LogP contribution in [0.25, 0.3) is 27.6 Å². The van der Waals surface area contributed by atoms with Gasteiger partial charge < -0.3 is 9.47 Å². The first-order chi connectivity index (χ1) is 14.6. The average Bonchev–Trinajstić information content (AvgIpc) is 3.14. The van der Waals surface area contributed by atoms with Gasteiger partial charge in [-0.1, -0.05) is 41.9 Å². The number of nitrogens with zero attached hydrogens (tertiary/aromatic N) is 3. The predicted molar refractivity (Wildman–Crippen MR) is 118 cm³/mol. The fourth-order valence-corrected chi connectivity index (χ4v) is 4.09. The number of imidazole rings is 1. The molecule has 0 saturated heterocycles. The maximum absolute atomic E-state index is 13.8. The number of fused-ring (bicyclic) bond motifs is 5. The zero-order valence-corrected chi connectivity index (χ0v) is 17.2. The summed E-state index contributed by atoms with van der Waals surface area (Å²) in [6.45, 7) is 0.382. The van der Waals surface area contributed by atoms with E-state index in [-0.39, 0.29) is 5.56 Å². The quantitative estimate of drug-likeness (QED) is 0.429. The van der Waals surface area contributed by atoms with E-state index in [1.54, 1.807) is 30.0 Å². The van der Waals surface area contributed by atoms with Gasteiger partial charge in [0.1, 0.15) is 16.8 Å². The van der Waals surface area contributed by atoms with Gasteiger partial charge in [-0.15, -0.1) is 0 Å². The van der Waals surface area contributed by atoms with Gasteiger partial charge >= 0.3 is 0 Å². The Kier molecular flexibility index (Phi) is 4.37. The third-order valence-corrected chi connectivity index (χ3v) is 5.48. The highest BCUT2D eigenvalue weighted by Gasteiger charge is 2.21. The Morgan fingerprint density at radius 1 is 1.00 bits per heavy atom. The van der Waals surface area contributed by atoms with Crippen LogP contribution < -0.4 is 15.0 Å². The molecule has 30 heavy (non-hydrogen) atoms. The second kappa shape index (κ2) is 7.07. The van der Waals surface area contributed by atoms with Crippen molar-refractivity contribution in [2.45, 2.75) is 6.54 Å². The van der Waals surface area contributed by atoms with Crippen molar-refractivity contribution in [3.05, 3.63) is 81.7 Å². The SMILES string of the molecule is COc1ccc2c(c1OC)c(=O)n(Cc1ccccc1)c1c2nc2ccc(Cl)cn21. The number of halogens is 1. The Balaban J connectivity index is 1.99. The van der Waals surface area contributed by atoms with Crippen molar-refractivity contribution in [2.75, 3.05) is 14.2 Å². The molecule has 2 aromatic carbocycles. The number of rotatable bonds is 4. The smallest absolute Gasteiger partial charge is 0.264 e. The van der Waals surface area contributed by atoms with Gasteiger partial charge in [-0.2, -0.15) is 0 Å². The molecule has 0 spiro atoms. The Morgan fingerprint density at radius 2 is 1.80 bits per heavy atom. The molecule has 0 saturated carbocycles. The first-order valence-electron chi connectivity index (χ1n) is 9.41. The highest BCUT2D eigenvalue weighted by molar-refractivity contribution is 6.30. The van der Waals surface area contributed by atoms with Crippen molar-refractivity contribution < 1.29 is 9.47 Å². The van der Waals surface area contributed by atoms with Crippen molar-refractivity contribution in [1.29, 1.82) is 0 Å². The summed E-state index contributed by atoms with van der Waals surface area (Å²) in [7, 11) is 3.09. The van der Waals surface area contributed by atoms with Crippen LogP contribution in [0.2, 0.25) is 5.02 Å². The van der Waals surface area contributed by atoms with Crippen LogP contribution in [0, 0.1) is 0 Å². The van der Waals surface area contributed by atoms with Gasteiger partial charge in [-0.05, 0) is 29.8 Å². The normalized spacial score (nSPS) is 11.4. The molecule has 7 heteroatoms. The second-order valence-electron chi connectivity index (χ2n) is 6.96. The van der Waals surface area contributed by atoms with Crippen molar-refractivity contribution in [2.24, 2.45) is 0 Å². The predicted octanol–water partition coefficient (Wildman–Crippen LogP) is 4.52. The van der Waals surface area contributed by atoms with E-state index in [4.69, 9.17) is 26.1 Å². The summed E-state index contributed by atoms with van der Waals surface area (Å²) in [6.07, 6.45) is 1.78. The molecule has 6 nitrogen and oxygen atoms in total. The molecule has 0 aliphatic carbocycles.